The second-order valence-corrected chi connectivity index (χ2v) is 5.26. The van der Waals surface area contributed by atoms with Crippen LogP contribution in [0, 0.1) is 5.41 Å². The van der Waals surface area contributed by atoms with Crippen molar-refractivity contribution in [3.05, 3.63) is 0 Å². The Morgan fingerprint density at radius 1 is 1.71 bits per heavy atom. The third kappa shape index (κ3) is 2.29. The molecule has 0 aliphatic carbocycles. The van der Waals surface area contributed by atoms with E-state index in [1.165, 1.54) is 11.8 Å². The fraction of sp³-hybridized carbons (Fsp3) is 0.778. The molecule has 0 aromatic carbocycles. The number of thioether (sulfide) groups is 1. The normalized spacial score (nSPS) is 26.6. The molecule has 0 spiro atoms. The van der Waals surface area contributed by atoms with Crippen molar-refractivity contribution in [2.24, 2.45) is 10.4 Å². The van der Waals surface area contributed by atoms with Crippen LogP contribution in [0.5, 0.6) is 0 Å². The Kier molecular flexibility index (Phi) is 3.96. The van der Waals surface area contributed by atoms with E-state index < -0.39 is 0 Å². The SMILES string of the molecule is CCC(C)(C)C1N=CSC1C(=O)OP. The zero-order valence-electron chi connectivity index (χ0n) is 8.69. The van der Waals surface area contributed by atoms with Gasteiger partial charge in [0.1, 0.15) is 5.25 Å². The van der Waals surface area contributed by atoms with Gasteiger partial charge in [0.25, 0.3) is 0 Å². The Morgan fingerprint density at radius 3 is 2.86 bits per heavy atom. The maximum atomic E-state index is 11.4. The Hall–Kier alpha value is -0.0800. The first kappa shape index (κ1) is 12.0. The van der Waals surface area contributed by atoms with Crippen LogP contribution in [0.15, 0.2) is 4.99 Å². The molecule has 5 heteroatoms. The molecule has 3 unspecified atom stereocenters. The van der Waals surface area contributed by atoms with Crippen LogP contribution < -0.4 is 0 Å². The van der Waals surface area contributed by atoms with Crippen molar-refractivity contribution in [1.29, 1.82) is 0 Å². The lowest BCUT2D eigenvalue weighted by molar-refractivity contribution is -0.133. The van der Waals surface area contributed by atoms with E-state index in [1.54, 1.807) is 5.55 Å². The lowest BCUT2D eigenvalue weighted by atomic mass is 9.80. The molecule has 1 rings (SSSR count). The number of rotatable bonds is 3. The number of hydrogen-bond donors (Lipinski definition) is 0. The topological polar surface area (TPSA) is 38.7 Å². The van der Waals surface area contributed by atoms with Crippen molar-refractivity contribution < 1.29 is 9.32 Å². The maximum absolute atomic E-state index is 11.4. The first-order valence-electron chi connectivity index (χ1n) is 4.60. The largest absolute Gasteiger partial charge is 0.451 e. The molecule has 0 amide bonds. The van der Waals surface area contributed by atoms with Crippen LogP contribution >= 0.6 is 21.2 Å². The van der Waals surface area contributed by atoms with E-state index in [4.69, 9.17) is 0 Å². The Bertz CT molecular complexity index is 255. The molecule has 0 saturated heterocycles. The third-order valence-electron chi connectivity index (χ3n) is 2.78. The molecule has 1 aliphatic rings. The van der Waals surface area contributed by atoms with Gasteiger partial charge in [0, 0.05) is 0 Å². The fourth-order valence-corrected chi connectivity index (χ4v) is 2.72. The molecule has 0 saturated carbocycles. The van der Waals surface area contributed by atoms with Gasteiger partial charge in [-0.3, -0.25) is 9.79 Å². The highest BCUT2D eigenvalue weighted by atomic mass is 32.2. The number of nitrogens with zero attached hydrogens (tertiary/aromatic N) is 1. The van der Waals surface area contributed by atoms with Crippen molar-refractivity contribution >= 4 is 32.7 Å². The van der Waals surface area contributed by atoms with Crippen LogP contribution in [0.25, 0.3) is 0 Å². The van der Waals surface area contributed by atoms with Gasteiger partial charge in [-0.05, 0) is 11.8 Å². The lowest BCUT2D eigenvalue weighted by Crippen LogP contribution is -2.38. The molecule has 0 aromatic rings. The molecule has 0 N–H and O–H groups in total. The van der Waals surface area contributed by atoms with Crippen molar-refractivity contribution in [1.82, 2.24) is 0 Å². The highest BCUT2D eigenvalue weighted by Gasteiger charge is 2.41. The number of aliphatic imine (C=N–C) groups is 1. The van der Waals surface area contributed by atoms with E-state index in [2.05, 4.69) is 30.3 Å². The average molecular weight is 233 g/mol. The van der Waals surface area contributed by atoms with E-state index in [1.807, 2.05) is 9.47 Å². The number of carbonyl (C=O) groups is 1. The molecule has 3 atom stereocenters. The molecule has 0 aromatic heterocycles. The second kappa shape index (κ2) is 4.63. The lowest BCUT2D eigenvalue weighted by Gasteiger charge is -2.30. The van der Waals surface area contributed by atoms with Gasteiger partial charge in [-0.2, -0.15) is 0 Å². The summed E-state index contributed by atoms with van der Waals surface area (Å²) < 4.78 is 4.68. The second-order valence-electron chi connectivity index (χ2n) is 4.04. The average Bonchev–Trinajstić information content (AvgIpc) is 2.65. The highest BCUT2D eigenvalue weighted by molar-refractivity contribution is 8.13. The van der Waals surface area contributed by atoms with Gasteiger partial charge in [0.15, 0.2) is 0 Å². The summed E-state index contributed by atoms with van der Waals surface area (Å²) in [6.07, 6.45) is 0.996. The molecule has 80 valence electrons. The molecule has 1 aliphatic heterocycles. The standard InChI is InChI=1S/C9H16NO2PS/c1-4-9(2,3)7-6(8(11)12-13)14-5-10-7/h5-7H,4,13H2,1-3H3. The van der Waals surface area contributed by atoms with Gasteiger partial charge in [0.05, 0.1) is 21.1 Å². The monoisotopic (exact) mass is 233 g/mol. The zero-order valence-corrected chi connectivity index (χ0v) is 10.7. The van der Waals surface area contributed by atoms with Gasteiger partial charge in [-0.15, -0.1) is 0 Å². The van der Waals surface area contributed by atoms with E-state index in [9.17, 15) is 4.79 Å². The number of hydrogen-bond acceptors (Lipinski definition) is 4. The summed E-state index contributed by atoms with van der Waals surface area (Å²) in [6.45, 7) is 6.37. The van der Waals surface area contributed by atoms with Crippen LogP contribution in [0.4, 0.5) is 0 Å². The van der Waals surface area contributed by atoms with E-state index in [0.717, 1.165) is 6.42 Å². The van der Waals surface area contributed by atoms with E-state index >= 15 is 0 Å². The molecule has 1 heterocycles. The summed E-state index contributed by atoms with van der Waals surface area (Å²) in [4.78, 5) is 15.8. The predicted octanol–water partition coefficient (Wildman–Crippen LogP) is 2.27. The summed E-state index contributed by atoms with van der Waals surface area (Å²) in [5.74, 6) is -0.205. The summed E-state index contributed by atoms with van der Waals surface area (Å²) in [7, 11) is 2.00. The van der Waals surface area contributed by atoms with Crippen LogP contribution in [0.3, 0.4) is 0 Å². The van der Waals surface area contributed by atoms with Gasteiger partial charge in [0.2, 0.25) is 0 Å². The van der Waals surface area contributed by atoms with Gasteiger partial charge >= 0.3 is 5.97 Å². The maximum Gasteiger partial charge on any atom is 0.323 e. The molecule has 0 radical (unpaired) electrons. The summed E-state index contributed by atoms with van der Waals surface area (Å²) in [6, 6.07) is 0.0329. The van der Waals surface area contributed by atoms with Gasteiger partial charge in [-0.25, -0.2) is 0 Å². The van der Waals surface area contributed by atoms with Crippen molar-refractivity contribution in [3.8, 4) is 0 Å². The smallest absolute Gasteiger partial charge is 0.323 e. The van der Waals surface area contributed by atoms with Crippen LogP contribution in [-0.4, -0.2) is 22.8 Å². The van der Waals surface area contributed by atoms with Crippen LogP contribution in [-0.2, 0) is 9.32 Å². The van der Waals surface area contributed by atoms with Crippen molar-refractivity contribution in [3.63, 3.8) is 0 Å². The first-order chi connectivity index (χ1) is 6.53. The minimum absolute atomic E-state index is 0.0329. The quantitative estimate of drug-likeness (QED) is 0.702. The van der Waals surface area contributed by atoms with E-state index in [0.29, 0.717) is 0 Å². The fourth-order valence-electron chi connectivity index (χ4n) is 1.39. The number of carbonyl (C=O) groups excluding carboxylic acids is 1. The van der Waals surface area contributed by atoms with Gasteiger partial charge < -0.3 is 4.52 Å². The molecular formula is C9H16NO2PS. The molecular weight excluding hydrogens is 217 g/mol. The third-order valence-corrected chi connectivity index (χ3v) is 4.00. The van der Waals surface area contributed by atoms with Crippen LogP contribution in [0.2, 0.25) is 0 Å². The molecule has 0 bridgehead atoms. The highest BCUT2D eigenvalue weighted by Crippen LogP contribution is 2.38. The van der Waals surface area contributed by atoms with Gasteiger partial charge in [-0.1, -0.05) is 32.5 Å². The summed E-state index contributed by atoms with van der Waals surface area (Å²) >= 11 is 1.45. The molecule has 14 heavy (non-hydrogen) atoms. The Labute approximate surface area is 91.4 Å². The van der Waals surface area contributed by atoms with Crippen LogP contribution in [0.1, 0.15) is 27.2 Å². The Balaban J connectivity index is 2.77. The Morgan fingerprint density at radius 2 is 2.36 bits per heavy atom. The molecule has 3 nitrogen and oxygen atoms in total. The minimum atomic E-state index is -0.205. The van der Waals surface area contributed by atoms with Crippen molar-refractivity contribution in [2.45, 2.75) is 38.5 Å². The van der Waals surface area contributed by atoms with Crippen molar-refractivity contribution in [2.75, 3.05) is 0 Å². The van der Waals surface area contributed by atoms with E-state index in [-0.39, 0.29) is 22.7 Å². The zero-order chi connectivity index (χ0) is 10.8. The summed E-state index contributed by atoms with van der Waals surface area (Å²) in [5, 5.41) is -0.178. The first-order valence-corrected chi connectivity index (χ1v) is 6.02. The predicted molar refractivity (Wildman–Crippen MR) is 63.5 cm³/mol. The summed E-state index contributed by atoms with van der Waals surface area (Å²) in [5.41, 5.74) is 1.80. The molecule has 0 fully saturated rings. The minimum Gasteiger partial charge on any atom is -0.451 e.